The largest absolute Gasteiger partial charge is 0.356 e. The smallest absolute Gasteiger partial charge is 0.191 e. The van der Waals surface area contributed by atoms with Crippen LogP contribution in [-0.2, 0) is 6.54 Å². The van der Waals surface area contributed by atoms with Crippen molar-refractivity contribution in [1.29, 1.82) is 0 Å². The average Bonchev–Trinajstić information content (AvgIpc) is 3.41. The summed E-state index contributed by atoms with van der Waals surface area (Å²) in [6, 6.07) is 11.3. The molecule has 3 rings (SSSR count). The molecule has 4 nitrogen and oxygen atoms in total. The molecule has 23 heavy (non-hydrogen) atoms. The van der Waals surface area contributed by atoms with Crippen LogP contribution < -0.4 is 10.6 Å². The fourth-order valence-corrected chi connectivity index (χ4v) is 3.27. The van der Waals surface area contributed by atoms with Gasteiger partial charge in [0.25, 0.3) is 0 Å². The van der Waals surface area contributed by atoms with Gasteiger partial charge in [-0.25, -0.2) is 0 Å². The van der Waals surface area contributed by atoms with Gasteiger partial charge in [-0.2, -0.15) is 0 Å². The van der Waals surface area contributed by atoms with Crippen LogP contribution in [-0.4, -0.2) is 43.6 Å². The van der Waals surface area contributed by atoms with E-state index in [0.29, 0.717) is 6.04 Å². The van der Waals surface area contributed by atoms with Crippen molar-refractivity contribution < 1.29 is 0 Å². The zero-order valence-corrected chi connectivity index (χ0v) is 14.3. The lowest BCUT2D eigenvalue weighted by Gasteiger charge is -2.33. The SMILES string of the molecule is CN=C(NCCC1CC1)NC1CCN(Cc2ccccc2)CC1. The van der Waals surface area contributed by atoms with E-state index in [9.17, 15) is 0 Å². The van der Waals surface area contributed by atoms with Gasteiger partial charge in [-0.1, -0.05) is 43.2 Å². The number of likely N-dealkylation sites (tertiary alicyclic amines) is 1. The van der Waals surface area contributed by atoms with Gasteiger partial charge in [0, 0.05) is 39.3 Å². The second-order valence-electron chi connectivity index (χ2n) is 6.91. The summed E-state index contributed by atoms with van der Waals surface area (Å²) in [5, 5.41) is 7.06. The molecule has 1 saturated carbocycles. The topological polar surface area (TPSA) is 39.7 Å². The molecule has 1 saturated heterocycles. The van der Waals surface area contributed by atoms with E-state index < -0.39 is 0 Å². The molecule has 126 valence electrons. The molecule has 0 radical (unpaired) electrons. The predicted molar refractivity (Wildman–Crippen MR) is 96.6 cm³/mol. The number of aliphatic imine (C=N–C) groups is 1. The van der Waals surface area contributed by atoms with Crippen molar-refractivity contribution in [2.45, 2.75) is 44.7 Å². The molecule has 2 N–H and O–H groups in total. The summed E-state index contributed by atoms with van der Waals surface area (Å²) >= 11 is 0. The molecular weight excluding hydrogens is 284 g/mol. The van der Waals surface area contributed by atoms with E-state index in [1.54, 1.807) is 0 Å². The first-order valence-corrected chi connectivity index (χ1v) is 9.07. The first-order chi connectivity index (χ1) is 11.3. The van der Waals surface area contributed by atoms with Crippen molar-refractivity contribution in [2.24, 2.45) is 10.9 Å². The lowest BCUT2D eigenvalue weighted by atomic mass is 10.0. The molecule has 0 aromatic heterocycles. The summed E-state index contributed by atoms with van der Waals surface area (Å²) in [5.41, 5.74) is 1.41. The molecule has 4 heteroatoms. The van der Waals surface area contributed by atoms with Gasteiger partial charge in [-0.05, 0) is 30.7 Å². The summed E-state index contributed by atoms with van der Waals surface area (Å²) in [7, 11) is 1.87. The maximum Gasteiger partial charge on any atom is 0.191 e. The molecule has 2 aliphatic rings. The third kappa shape index (κ3) is 5.54. The Morgan fingerprint density at radius 1 is 1.13 bits per heavy atom. The van der Waals surface area contributed by atoms with Crippen LogP contribution in [0.15, 0.2) is 35.3 Å². The summed E-state index contributed by atoms with van der Waals surface area (Å²) < 4.78 is 0. The first kappa shape index (κ1) is 16.3. The Bertz CT molecular complexity index is 487. The lowest BCUT2D eigenvalue weighted by molar-refractivity contribution is 0.198. The lowest BCUT2D eigenvalue weighted by Crippen LogP contribution is -2.48. The number of nitrogens with one attached hydrogen (secondary N) is 2. The Morgan fingerprint density at radius 2 is 1.87 bits per heavy atom. The fraction of sp³-hybridized carbons (Fsp3) is 0.632. The number of piperidine rings is 1. The highest BCUT2D eigenvalue weighted by Crippen LogP contribution is 2.31. The van der Waals surface area contributed by atoms with Crippen LogP contribution in [0, 0.1) is 5.92 Å². The van der Waals surface area contributed by atoms with Crippen LogP contribution in [0.2, 0.25) is 0 Å². The highest BCUT2D eigenvalue weighted by Gasteiger charge is 2.22. The van der Waals surface area contributed by atoms with Gasteiger partial charge >= 0.3 is 0 Å². The maximum atomic E-state index is 4.37. The molecule has 1 aliphatic heterocycles. The van der Waals surface area contributed by atoms with Crippen LogP contribution in [0.5, 0.6) is 0 Å². The van der Waals surface area contributed by atoms with Crippen molar-refractivity contribution in [3.63, 3.8) is 0 Å². The zero-order valence-electron chi connectivity index (χ0n) is 14.3. The van der Waals surface area contributed by atoms with E-state index in [4.69, 9.17) is 0 Å². The summed E-state index contributed by atoms with van der Waals surface area (Å²) in [4.78, 5) is 6.92. The van der Waals surface area contributed by atoms with Crippen molar-refractivity contribution in [1.82, 2.24) is 15.5 Å². The monoisotopic (exact) mass is 314 g/mol. The van der Waals surface area contributed by atoms with E-state index in [-0.39, 0.29) is 0 Å². The van der Waals surface area contributed by atoms with Crippen LogP contribution in [0.4, 0.5) is 0 Å². The Hall–Kier alpha value is -1.55. The predicted octanol–water partition coefficient (Wildman–Crippen LogP) is 2.62. The van der Waals surface area contributed by atoms with Gasteiger partial charge in [0.15, 0.2) is 5.96 Å². The highest BCUT2D eigenvalue weighted by molar-refractivity contribution is 5.79. The van der Waals surface area contributed by atoms with Crippen molar-refractivity contribution >= 4 is 5.96 Å². The molecule has 0 unspecified atom stereocenters. The third-order valence-corrected chi connectivity index (χ3v) is 4.94. The average molecular weight is 314 g/mol. The van der Waals surface area contributed by atoms with Gasteiger partial charge in [-0.3, -0.25) is 9.89 Å². The molecule has 0 spiro atoms. The van der Waals surface area contributed by atoms with E-state index in [1.165, 1.54) is 37.7 Å². The Labute approximate surface area is 140 Å². The van der Waals surface area contributed by atoms with Crippen LogP contribution >= 0.6 is 0 Å². The second-order valence-corrected chi connectivity index (χ2v) is 6.91. The number of hydrogen-bond acceptors (Lipinski definition) is 2. The summed E-state index contributed by atoms with van der Waals surface area (Å²) in [6.45, 7) is 4.44. The fourth-order valence-electron chi connectivity index (χ4n) is 3.27. The number of guanidine groups is 1. The van der Waals surface area contributed by atoms with Gasteiger partial charge < -0.3 is 10.6 Å². The first-order valence-electron chi connectivity index (χ1n) is 9.07. The van der Waals surface area contributed by atoms with Gasteiger partial charge in [-0.15, -0.1) is 0 Å². The molecule has 1 aliphatic carbocycles. The standard InChI is InChI=1S/C19H30N4/c1-20-19(21-12-9-16-7-8-16)22-18-10-13-23(14-11-18)15-17-5-3-2-4-6-17/h2-6,16,18H,7-15H2,1H3,(H2,20,21,22). The minimum Gasteiger partial charge on any atom is -0.356 e. The minimum absolute atomic E-state index is 0.550. The van der Waals surface area contributed by atoms with Crippen LogP contribution in [0.3, 0.4) is 0 Å². The number of nitrogens with zero attached hydrogens (tertiary/aromatic N) is 2. The Balaban J connectivity index is 1.36. The zero-order chi connectivity index (χ0) is 15.9. The minimum atomic E-state index is 0.550. The number of benzene rings is 1. The molecule has 1 aromatic carbocycles. The quantitative estimate of drug-likeness (QED) is 0.626. The molecule has 1 heterocycles. The Morgan fingerprint density at radius 3 is 2.52 bits per heavy atom. The molecule has 0 bridgehead atoms. The molecule has 0 amide bonds. The van der Waals surface area contributed by atoms with Gasteiger partial charge in [0.05, 0.1) is 0 Å². The molecule has 2 fully saturated rings. The van der Waals surface area contributed by atoms with Gasteiger partial charge in [0.1, 0.15) is 0 Å². The summed E-state index contributed by atoms with van der Waals surface area (Å²) in [6.07, 6.45) is 6.52. The van der Waals surface area contributed by atoms with E-state index >= 15 is 0 Å². The second kappa shape index (κ2) is 8.34. The highest BCUT2D eigenvalue weighted by atomic mass is 15.2. The molecule has 1 aromatic rings. The van der Waals surface area contributed by atoms with Crippen molar-refractivity contribution in [3.8, 4) is 0 Å². The summed E-state index contributed by atoms with van der Waals surface area (Å²) in [5.74, 6) is 1.95. The third-order valence-electron chi connectivity index (χ3n) is 4.94. The van der Waals surface area contributed by atoms with E-state index in [0.717, 1.165) is 38.1 Å². The molecular formula is C19H30N4. The number of hydrogen-bond donors (Lipinski definition) is 2. The molecule has 0 atom stereocenters. The van der Waals surface area contributed by atoms with Gasteiger partial charge in [0.2, 0.25) is 0 Å². The maximum absolute atomic E-state index is 4.37. The Kier molecular flexibility index (Phi) is 5.92. The number of rotatable bonds is 6. The van der Waals surface area contributed by atoms with E-state index in [1.807, 2.05) is 7.05 Å². The van der Waals surface area contributed by atoms with E-state index in [2.05, 4.69) is 50.9 Å². The van der Waals surface area contributed by atoms with Crippen LogP contribution in [0.1, 0.15) is 37.7 Å². The van der Waals surface area contributed by atoms with Crippen LogP contribution in [0.25, 0.3) is 0 Å². The van der Waals surface area contributed by atoms with Crippen molar-refractivity contribution in [2.75, 3.05) is 26.7 Å². The van der Waals surface area contributed by atoms with Crippen molar-refractivity contribution in [3.05, 3.63) is 35.9 Å². The normalized spacial score (nSPS) is 20.5.